The predicted molar refractivity (Wildman–Crippen MR) is 53.4 cm³/mol. The molecule has 2 rings (SSSR count). The molecule has 2 heterocycles. The summed E-state index contributed by atoms with van der Waals surface area (Å²) in [5, 5.41) is 13.2. The number of aromatic nitrogens is 4. The molecule has 0 saturated carbocycles. The third-order valence-electron chi connectivity index (χ3n) is 1.96. The van der Waals surface area contributed by atoms with Crippen molar-refractivity contribution in [3.8, 4) is 17.3 Å². The van der Waals surface area contributed by atoms with Crippen LogP contribution in [-0.2, 0) is 6.54 Å². The lowest BCUT2D eigenvalue weighted by atomic mass is 10.3. The van der Waals surface area contributed by atoms with Crippen LogP contribution in [0.5, 0.6) is 5.88 Å². The van der Waals surface area contributed by atoms with Crippen molar-refractivity contribution in [2.75, 3.05) is 0 Å². The highest BCUT2D eigenvalue weighted by atomic mass is 16.3. The van der Waals surface area contributed by atoms with Crippen molar-refractivity contribution in [3.05, 3.63) is 28.8 Å². The van der Waals surface area contributed by atoms with Crippen LogP contribution in [0.3, 0.4) is 0 Å². The fourth-order valence-corrected chi connectivity index (χ4v) is 1.24. The normalized spacial score (nSPS) is 10.5. The summed E-state index contributed by atoms with van der Waals surface area (Å²) in [4.78, 5) is 17.4. The van der Waals surface area contributed by atoms with Crippen molar-refractivity contribution >= 4 is 0 Å². The van der Waals surface area contributed by atoms with Gasteiger partial charge in [0.25, 0.3) is 5.56 Å². The Hall–Kier alpha value is -2.11. The van der Waals surface area contributed by atoms with Crippen molar-refractivity contribution in [2.24, 2.45) is 0 Å². The Kier molecular flexibility index (Phi) is 2.24. The second-order valence-corrected chi connectivity index (χ2v) is 3.04. The van der Waals surface area contributed by atoms with Crippen molar-refractivity contribution in [3.63, 3.8) is 0 Å². The molecular formula is C9H10N4O2. The third kappa shape index (κ3) is 1.88. The van der Waals surface area contributed by atoms with E-state index in [-0.39, 0.29) is 11.4 Å². The summed E-state index contributed by atoms with van der Waals surface area (Å²) in [6, 6.07) is 1.02. The first-order valence-electron chi connectivity index (χ1n) is 4.52. The van der Waals surface area contributed by atoms with Crippen LogP contribution >= 0.6 is 0 Å². The highest BCUT2D eigenvalue weighted by Gasteiger charge is 2.05. The van der Waals surface area contributed by atoms with Crippen LogP contribution in [0, 0.1) is 0 Å². The fraction of sp³-hybridized carbons (Fsp3) is 0.222. The molecule has 0 amide bonds. The lowest BCUT2D eigenvalue weighted by molar-refractivity contribution is 0.452. The molecule has 0 spiro atoms. The summed E-state index contributed by atoms with van der Waals surface area (Å²) >= 11 is 0. The number of H-pyrrole nitrogens is 1. The second-order valence-electron chi connectivity index (χ2n) is 3.04. The Bertz CT molecular complexity index is 529. The van der Waals surface area contributed by atoms with Crippen molar-refractivity contribution < 1.29 is 5.11 Å². The van der Waals surface area contributed by atoms with Gasteiger partial charge in [0.1, 0.15) is 5.82 Å². The number of rotatable bonds is 2. The lowest BCUT2D eigenvalue weighted by Gasteiger charge is -1.96. The van der Waals surface area contributed by atoms with Gasteiger partial charge < -0.3 is 10.1 Å². The molecule has 2 aromatic heterocycles. The average molecular weight is 206 g/mol. The van der Waals surface area contributed by atoms with E-state index in [1.165, 1.54) is 0 Å². The van der Waals surface area contributed by atoms with Gasteiger partial charge in [0.2, 0.25) is 5.88 Å². The van der Waals surface area contributed by atoms with Crippen LogP contribution in [-0.4, -0.2) is 24.9 Å². The predicted octanol–water partition coefficient (Wildman–Crippen LogP) is 0.359. The second kappa shape index (κ2) is 3.56. The van der Waals surface area contributed by atoms with E-state index in [4.69, 9.17) is 5.11 Å². The largest absolute Gasteiger partial charge is 0.493 e. The maximum Gasteiger partial charge on any atom is 0.254 e. The first-order valence-corrected chi connectivity index (χ1v) is 4.52. The zero-order chi connectivity index (χ0) is 10.8. The molecule has 78 valence electrons. The molecule has 0 aromatic carbocycles. The third-order valence-corrected chi connectivity index (χ3v) is 1.96. The minimum absolute atomic E-state index is 0.294. The van der Waals surface area contributed by atoms with E-state index < -0.39 is 0 Å². The first-order chi connectivity index (χ1) is 7.19. The molecule has 2 aromatic rings. The zero-order valence-electron chi connectivity index (χ0n) is 8.14. The summed E-state index contributed by atoms with van der Waals surface area (Å²) in [5.41, 5.74) is 0.284. The standard InChI is InChI=1S/C9H10N4O2/c1-2-13-5-6(4-10-13)9-11-7(14)3-8(15)12-9/h3-5H,2H2,1H3,(H2,11,12,14,15). The number of hydrogen-bond donors (Lipinski definition) is 2. The molecule has 0 saturated heterocycles. The van der Waals surface area contributed by atoms with Crippen LogP contribution < -0.4 is 5.56 Å². The minimum atomic E-state index is -0.387. The molecular weight excluding hydrogens is 196 g/mol. The minimum Gasteiger partial charge on any atom is -0.493 e. The number of hydrogen-bond acceptors (Lipinski definition) is 4. The van der Waals surface area contributed by atoms with Gasteiger partial charge >= 0.3 is 0 Å². The van der Waals surface area contributed by atoms with Crippen molar-refractivity contribution in [2.45, 2.75) is 13.5 Å². The Morgan fingerprint density at radius 3 is 3.00 bits per heavy atom. The van der Waals surface area contributed by atoms with Crippen LogP contribution in [0.15, 0.2) is 23.3 Å². The quantitative estimate of drug-likeness (QED) is 0.743. The van der Waals surface area contributed by atoms with Gasteiger partial charge in [0.05, 0.1) is 17.8 Å². The molecule has 0 aliphatic rings. The Morgan fingerprint density at radius 1 is 1.60 bits per heavy atom. The molecule has 0 bridgehead atoms. The summed E-state index contributed by atoms with van der Waals surface area (Å²) < 4.78 is 1.71. The Labute approximate surface area is 85.2 Å². The lowest BCUT2D eigenvalue weighted by Crippen LogP contribution is -2.06. The zero-order valence-corrected chi connectivity index (χ0v) is 8.14. The van der Waals surface area contributed by atoms with Gasteiger partial charge in [-0.05, 0) is 6.92 Å². The molecule has 0 aliphatic carbocycles. The maximum absolute atomic E-state index is 11.1. The van der Waals surface area contributed by atoms with E-state index in [9.17, 15) is 4.79 Å². The molecule has 15 heavy (non-hydrogen) atoms. The van der Waals surface area contributed by atoms with Crippen LogP contribution in [0.2, 0.25) is 0 Å². The molecule has 0 fully saturated rings. The highest BCUT2D eigenvalue weighted by molar-refractivity contribution is 5.52. The van der Waals surface area contributed by atoms with E-state index in [0.29, 0.717) is 11.4 Å². The Balaban J connectivity index is 2.48. The SMILES string of the molecule is CCn1cc(-c2nc(O)cc(=O)[nH]2)cn1. The fourth-order valence-electron chi connectivity index (χ4n) is 1.24. The average Bonchev–Trinajstić information content (AvgIpc) is 2.64. The van der Waals surface area contributed by atoms with Crippen molar-refractivity contribution in [1.82, 2.24) is 19.7 Å². The molecule has 0 atom stereocenters. The van der Waals surface area contributed by atoms with Gasteiger partial charge in [-0.3, -0.25) is 9.48 Å². The van der Waals surface area contributed by atoms with E-state index >= 15 is 0 Å². The van der Waals surface area contributed by atoms with E-state index in [1.807, 2.05) is 6.92 Å². The number of nitrogens with one attached hydrogen (secondary N) is 1. The molecule has 6 nitrogen and oxygen atoms in total. The van der Waals surface area contributed by atoms with Crippen LogP contribution in [0.25, 0.3) is 11.4 Å². The molecule has 2 N–H and O–H groups in total. The molecule has 0 unspecified atom stereocenters. The number of aryl methyl sites for hydroxylation is 1. The monoisotopic (exact) mass is 206 g/mol. The Morgan fingerprint density at radius 2 is 2.40 bits per heavy atom. The number of aromatic amines is 1. The summed E-state index contributed by atoms with van der Waals surface area (Å²) in [7, 11) is 0. The van der Waals surface area contributed by atoms with Gasteiger partial charge in [-0.2, -0.15) is 10.1 Å². The highest BCUT2D eigenvalue weighted by Crippen LogP contribution is 2.13. The molecule has 0 radical (unpaired) electrons. The molecule has 6 heteroatoms. The number of aromatic hydroxyl groups is 1. The van der Waals surface area contributed by atoms with Gasteiger partial charge in [-0.1, -0.05) is 0 Å². The summed E-state index contributed by atoms with van der Waals surface area (Å²) in [5.74, 6) is 0.0256. The van der Waals surface area contributed by atoms with Gasteiger partial charge in [0.15, 0.2) is 0 Å². The van der Waals surface area contributed by atoms with Gasteiger partial charge in [-0.15, -0.1) is 0 Å². The van der Waals surface area contributed by atoms with Crippen molar-refractivity contribution in [1.29, 1.82) is 0 Å². The van der Waals surface area contributed by atoms with Gasteiger partial charge in [0, 0.05) is 12.7 Å². The van der Waals surface area contributed by atoms with E-state index in [0.717, 1.165) is 12.6 Å². The topological polar surface area (TPSA) is 83.8 Å². The number of nitrogens with zero attached hydrogens (tertiary/aromatic N) is 3. The smallest absolute Gasteiger partial charge is 0.254 e. The molecule has 0 aliphatic heterocycles. The van der Waals surface area contributed by atoms with Crippen LogP contribution in [0.4, 0.5) is 0 Å². The first kappa shape index (κ1) is 9.45. The maximum atomic E-state index is 11.1. The van der Waals surface area contributed by atoms with E-state index in [2.05, 4.69) is 15.1 Å². The summed E-state index contributed by atoms with van der Waals surface area (Å²) in [6.45, 7) is 2.69. The van der Waals surface area contributed by atoms with Crippen LogP contribution in [0.1, 0.15) is 6.92 Å². The van der Waals surface area contributed by atoms with E-state index in [1.54, 1.807) is 17.1 Å². The van der Waals surface area contributed by atoms with Gasteiger partial charge in [-0.25, -0.2) is 0 Å². The summed E-state index contributed by atoms with van der Waals surface area (Å²) in [6.07, 6.45) is 3.33.